The fourth-order valence-corrected chi connectivity index (χ4v) is 2.42. The molecule has 0 aliphatic rings. The van der Waals surface area contributed by atoms with E-state index in [0.717, 1.165) is 11.3 Å². The van der Waals surface area contributed by atoms with Crippen molar-refractivity contribution in [3.8, 4) is 5.75 Å². The van der Waals surface area contributed by atoms with Gasteiger partial charge in [0.15, 0.2) is 10.3 Å². The molecule has 0 amide bonds. The van der Waals surface area contributed by atoms with E-state index in [1.165, 1.54) is 0 Å². The van der Waals surface area contributed by atoms with E-state index in [9.17, 15) is 4.79 Å². The lowest BCUT2D eigenvalue weighted by atomic mass is 10.2. The number of ether oxygens (including phenoxy) is 1. The number of hydrogen-bond acceptors (Lipinski definition) is 4. The van der Waals surface area contributed by atoms with Gasteiger partial charge in [0.1, 0.15) is 11.4 Å². The average Bonchev–Trinajstić information content (AvgIpc) is 2.71. The van der Waals surface area contributed by atoms with Crippen molar-refractivity contribution in [3.63, 3.8) is 0 Å². The second-order valence-corrected chi connectivity index (χ2v) is 5.62. The molecule has 0 bridgehead atoms. The number of aromatic nitrogens is 2. The molecule has 0 spiro atoms. The van der Waals surface area contributed by atoms with Crippen molar-refractivity contribution in [3.05, 3.63) is 40.2 Å². The Labute approximate surface area is 138 Å². The van der Waals surface area contributed by atoms with E-state index in [1.54, 1.807) is 30.6 Å². The maximum Gasteiger partial charge on any atom is 0.292 e. The number of nitrogens with one attached hydrogen (secondary N) is 2. The van der Waals surface area contributed by atoms with Crippen LogP contribution < -0.4 is 20.9 Å². The van der Waals surface area contributed by atoms with Gasteiger partial charge in [0.25, 0.3) is 5.56 Å². The quantitative estimate of drug-likeness (QED) is 0.496. The Kier molecular flexibility index (Phi) is 5.10. The maximum absolute atomic E-state index is 12.5. The molecule has 1 aromatic carbocycles. The van der Waals surface area contributed by atoms with E-state index < -0.39 is 0 Å². The van der Waals surface area contributed by atoms with Crippen molar-refractivity contribution in [2.75, 3.05) is 24.8 Å². The average molecular weight is 341 g/mol. The molecular weight excluding hydrogens is 324 g/mol. The third kappa shape index (κ3) is 3.26. The minimum atomic E-state index is -0.164. The molecular formula is C14H17ClN4O2S. The molecule has 6 nitrogen and oxygen atoms in total. The lowest BCUT2D eigenvalue weighted by molar-refractivity contribution is 0.413. The monoisotopic (exact) mass is 340 g/mol. The molecule has 22 heavy (non-hydrogen) atoms. The van der Waals surface area contributed by atoms with Crippen molar-refractivity contribution in [1.82, 2.24) is 9.36 Å². The standard InChI is InChI=1S/C14H17ClN4O2S/c1-16-11-12(17-14(15)22)18(2)19(13(11)20)8-9-5-4-6-10(7-9)21-3/h4-7,16H,8H2,1-3H3,(H,17,22). The van der Waals surface area contributed by atoms with E-state index in [-0.39, 0.29) is 10.0 Å². The van der Waals surface area contributed by atoms with E-state index in [4.69, 9.17) is 28.6 Å². The third-order valence-electron chi connectivity index (χ3n) is 3.30. The molecule has 0 radical (unpaired) electrons. The van der Waals surface area contributed by atoms with Gasteiger partial charge in [0.2, 0.25) is 0 Å². The highest BCUT2D eigenvalue weighted by Crippen LogP contribution is 2.19. The van der Waals surface area contributed by atoms with E-state index in [1.807, 2.05) is 24.3 Å². The van der Waals surface area contributed by atoms with Gasteiger partial charge in [-0.15, -0.1) is 0 Å². The van der Waals surface area contributed by atoms with Gasteiger partial charge in [-0.1, -0.05) is 23.7 Å². The van der Waals surface area contributed by atoms with Crippen LogP contribution in [0.4, 0.5) is 11.5 Å². The van der Waals surface area contributed by atoms with Gasteiger partial charge in [-0.25, -0.2) is 4.68 Å². The first-order chi connectivity index (χ1) is 10.5. The van der Waals surface area contributed by atoms with Gasteiger partial charge >= 0.3 is 0 Å². The van der Waals surface area contributed by atoms with Crippen LogP contribution in [-0.4, -0.2) is 28.0 Å². The predicted octanol–water partition coefficient (Wildman–Crippen LogP) is 2.22. The van der Waals surface area contributed by atoms with Gasteiger partial charge < -0.3 is 15.4 Å². The highest BCUT2D eigenvalue weighted by atomic mass is 35.5. The SMILES string of the molecule is CNc1c(NC(=S)Cl)n(C)n(Cc2cccc(OC)c2)c1=O. The zero-order valence-corrected chi connectivity index (χ0v) is 14.1. The van der Waals surface area contributed by atoms with Gasteiger partial charge in [0.05, 0.1) is 13.7 Å². The molecule has 0 saturated heterocycles. The molecule has 0 atom stereocenters. The van der Waals surface area contributed by atoms with E-state index >= 15 is 0 Å². The van der Waals surface area contributed by atoms with Crippen LogP contribution >= 0.6 is 23.8 Å². The number of rotatable bonds is 5. The Bertz CT molecular complexity index is 754. The molecule has 2 aromatic rings. The first kappa shape index (κ1) is 16.4. The highest BCUT2D eigenvalue weighted by Gasteiger charge is 2.17. The first-order valence-corrected chi connectivity index (χ1v) is 7.33. The molecule has 2 N–H and O–H groups in total. The summed E-state index contributed by atoms with van der Waals surface area (Å²) in [4.78, 5) is 12.5. The lowest BCUT2D eigenvalue weighted by Gasteiger charge is -2.11. The van der Waals surface area contributed by atoms with Crippen LogP contribution in [-0.2, 0) is 13.6 Å². The minimum absolute atomic E-state index is 0.0747. The van der Waals surface area contributed by atoms with Crippen LogP contribution in [0, 0.1) is 0 Å². The Morgan fingerprint density at radius 1 is 1.45 bits per heavy atom. The fourth-order valence-electron chi connectivity index (χ4n) is 2.23. The van der Waals surface area contributed by atoms with Crippen LogP contribution in [0.3, 0.4) is 0 Å². The molecule has 0 fully saturated rings. The molecule has 0 saturated carbocycles. The summed E-state index contributed by atoms with van der Waals surface area (Å²) in [6.45, 7) is 0.401. The van der Waals surface area contributed by atoms with Crippen LogP contribution in [0.15, 0.2) is 29.1 Å². The van der Waals surface area contributed by atoms with E-state index in [0.29, 0.717) is 18.1 Å². The van der Waals surface area contributed by atoms with Crippen molar-refractivity contribution in [2.24, 2.45) is 7.05 Å². The third-order valence-corrected chi connectivity index (χ3v) is 3.50. The molecule has 118 valence electrons. The molecule has 1 heterocycles. The van der Waals surface area contributed by atoms with Crippen LogP contribution in [0.5, 0.6) is 5.75 Å². The van der Waals surface area contributed by atoms with Gasteiger partial charge in [-0.3, -0.25) is 9.48 Å². The summed E-state index contributed by atoms with van der Waals surface area (Å²) in [5, 5.41) is 5.69. The number of anilines is 2. The highest BCUT2D eigenvalue weighted by molar-refractivity contribution is 7.83. The zero-order valence-electron chi connectivity index (χ0n) is 12.5. The summed E-state index contributed by atoms with van der Waals surface area (Å²) < 4.78 is 8.54. The number of hydrogen-bond donors (Lipinski definition) is 2. The van der Waals surface area contributed by atoms with Crippen molar-refractivity contribution < 1.29 is 4.74 Å². The summed E-state index contributed by atoms with van der Waals surface area (Å²) in [6, 6.07) is 7.56. The lowest BCUT2D eigenvalue weighted by Crippen LogP contribution is -2.23. The molecule has 8 heteroatoms. The topological polar surface area (TPSA) is 60.2 Å². The van der Waals surface area contributed by atoms with Crippen molar-refractivity contribution in [1.29, 1.82) is 0 Å². The maximum atomic E-state index is 12.5. The zero-order chi connectivity index (χ0) is 16.3. The Hall–Kier alpha value is -1.99. The second kappa shape index (κ2) is 6.85. The van der Waals surface area contributed by atoms with E-state index in [2.05, 4.69) is 10.6 Å². The molecule has 2 rings (SSSR count). The molecule has 0 aliphatic heterocycles. The number of benzene rings is 1. The van der Waals surface area contributed by atoms with Gasteiger partial charge in [-0.2, -0.15) is 0 Å². The minimum Gasteiger partial charge on any atom is -0.497 e. The summed E-state index contributed by atoms with van der Waals surface area (Å²) in [6.07, 6.45) is 0. The summed E-state index contributed by atoms with van der Waals surface area (Å²) in [7, 11) is 5.05. The number of halogens is 1. The molecule has 0 aliphatic carbocycles. The Morgan fingerprint density at radius 2 is 2.18 bits per heavy atom. The molecule has 0 unspecified atom stereocenters. The normalized spacial score (nSPS) is 10.4. The first-order valence-electron chi connectivity index (χ1n) is 6.55. The molecule has 1 aromatic heterocycles. The summed E-state index contributed by atoms with van der Waals surface area (Å²) >= 11 is 10.6. The fraction of sp³-hybridized carbons (Fsp3) is 0.286. The van der Waals surface area contributed by atoms with Crippen LogP contribution in [0.2, 0.25) is 0 Å². The van der Waals surface area contributed by atoms with Gasteiger partial charge in [0, 0.05) is 14.1 Å². The second-order valence-electron chi connectivity index (χ2n) is 4.61. The predicted molar refractivity (Wildman–Crippen MR) is 93.4 cm³/mol. The Balaban J connectivity index is 2.44. The number of nitrogens with zero attached hydrogens (tertiary/aromatic N) is 2. The van der Waals surface area contributed by atoms with Crippen molar-refractivity contribution in [2.45, 2.75) is 6.54 Å². The number of methoxy groups -OCH3 is 1. The van der Waals surface area contributed by atoms with Gasteiger partial charge in [-0.05, 0) is 29.9 Å². The van der Waals surface area contributed by atoms with Crippen molar-refractivity contribution >= 4 is 39.8 Å². The number of thiocarbonyl (C=S) groups is 1. The summed E-state index contributed by atoms with van der Waals surface area (Å²) in [5.74, 6) is 1.27. The largest absolute Gasteiger partial charge is 0.497 e. The van der Waals surface area contributed by atoms with Crippen LogP contribution in [0.25, 0.3) is 0 Å². The summed E-state index contributed by atoms with van der Waals surface area (Å²) in [5.41, 5.74) is 1.20. The smallest absolute Gasteiger partial charge is 0.292 e. The van der Waals surface area contributed by atoms with Crippen LogP contribution in [0.1, 0.15) is 5.56 Å². The Morgan fingerprint density at radius 3 is 2.77 bits per heavy atom.